The van der Waals surface area contributed by atoms with Crippen LogP contribution in [-0.4, -0.2) is 42.3 Å². The summed E-state index contributed by atoms with van der Waals surface area (Å²) in [6.07, 6.45) is 3.61. The largest absolute Gasteiger partial charge is 0.501 e. The molecule has 4 rings (SSSR count). The first-order chi connectivity index (χ1) is 15.6. The van der Waals surface area contributed by atoms with Crippen LogP contribution in [0.15, 0.2) is 70.5 Å². The van der Waals surface area contributed by atoms with Gasteiger partial charge in [0.15, 0.2) is 0 Å². The molecule has 1 saturated heterocycles. The quantitative estimate of drug-likeness (QED) is 0.479. The Bertz CT molecular complexity index is 1260. The van der Waals surface area contributed by atoms with E-state index in [9.17, 15) is 31.2 Å². The number of sulfone groups is 1. The molecular weight excluding hydrogens is 479 g/mol. The van der Waals surface area contributed by atoms with Crippen molar-refractivity contribution in [2.45, 2.75) is 22.9 Å². The van der Waals surface area contributed by atoms with E-state index in [2.05, 4.69) is 4.98 Å². The minimum absolute atomic E-state index is 0.0161. The Balaban J connectivity index is 1.64. The molecule has 172 valence electrons. The summed E-state index contributed by atoms with van der Waals surface area (Å²) in [5, 5.41) is 3.84. The molecule has 0 radical (unpaired) electrons. The van der Waals surface area contributed by atoms with E-state index in [4.69, 9.17) is 0 Å². The lowest BCUT2D eigenvalue weighted by atomic mass is 10.0. The van der Waals surface area contributed by atoms with Crippen molar-refractivity contribution in [1.29, 1.82) is 0 Å². The van der Waals surface area contributed by atoms with Gasteiger partial charge in [-0.2, -0.15) is 24.5 Å². The number of hydrogen-bond acceptors (Lipinski definition) is 6. The Hall–Kier alpha value is -3.25. The highest BCUT2D eigenvalue weighted by Gasteiger charge is 2.47. The second-order valence-corrected chi connectivity index (χ2v) is 9.94. The van der Waals surface area contributed by atoms with Gasteiger partial charge in [-0.1, -0.05) is 0 Å². The van der Waals surface area contributed by atoms with Crippen LogP contribution in [0.25, 0.3) is 0 Å². The van der Waals surface area contributed by atoms with Crippen LogP contribution in [0.4, 0.5) is 23.7 Å². The summed E-state index contributed by atoms with van der Waals surface area (Å²) in [6, 6.07) is 7.76. The van der Waals surface area contributed by atoms with Crippen molar-refractivity contribution in [3.8, 4) is 0 Å². The smallest absolute Gasteiger partial charge is 0.307 e. The standard InChI is InChI=1S/C21H16F3N3O4S2/c22-21(23,24)33(30,31)17-3-1-16(2-4-17)27-19(28)12-26(20(27)29)18(11-14-7-10-32-13-14)15-5-8-25-9-6-15/h1-10,13,18H,11-12H2. The molecule has 3 aromatic rings. The third kappa shape index (κ3) is 4.35. The van der Waals surface area contributed by atoms with Crippen molar-refractivity contribution in [3.05, 3.63) is 76.7 Å². The first kappa shape index (κ1) is 22.9. The monoisotopic (exact) mass is 495 g/mol. The fourth-order valence-electron chi connectivity index (χ4n) is 3.55. The molecule has 3 amide bonds. The summed E-state index contributed by atoms with van der Waals surface area (Å²) in [6.45, 7) is -0.238. The number of carbonyl (C=O) groups is 2. The van der Waals surface area contributed by atoms with Gasteiger partial charge in [0.05, 0.1) is 16.6 Å². The number of alkyl halides is 3. The maximum Gasteiger partial charge on any atom is 0.501 e. The van der Waals surface area contributed by atoms with E-state index in [0.717, 1.165) is 40.3 Å². The molecule has 0 bridgehead atoms. The molecule has 0 spiro atoms. The molecule has 2 aromatic heterocycles. The molecule has 3 heterocycles. The lowest BCUT2D eigenvalue weighted by Gasteiger charge is -2.27. The van der Waals surface area contributed by atoms with E-state index in [1.807, 2.05) is 16.8 Å². The van der Waals surface area contributed by atoms with Crippen LogP contribution in [0, 0.1) is 0 Å². The predicted molar refractivity (Wildman–Crippen MR) is 114 cm³/mol. The number of carbonyl (C=O) groups excluding carboxylic acids is 2. The minimum atomic E-state index is -5.54. The van der Waals surface area contributed by atoms with E-state index >= 15 is 0 Å². The number of urea groups is 1. The number of nitrogens with zero attached hydrogens (tertiary/aromatic N) is 3. The van der Waals surface area contributed by atoms with Crippen molar-refractivity contribution < 1.29 is 31.2 Å². The highest BCUT2D eigenvalue weighted by atomic mass is 32.2. The van der Waals surface area contributed by atoms with Gasteiger partial charge in [0.25, 0.3) is 15.7 Å². The van der Waals surface area contributed by atoms with E-state index < -0.39 is 38.2 Å². The number of thiophene rings is 1. The molecule has 0 saturated carbocycles. The van der Waals surface area contributed by atoms with Gasteiger partial charge in [0, 0.05) is 12.4 Å². The zero-order valence-corrected chi connectivity index (χ0v) is 18.4. The van der Waals surface area contributed by atoms with Crippen molar-refractivity contribution in [2.75, 3.05) is 11.4 Å². The summed E-state index contributed by atoms with van der Waals surface area (Å²) < 4.78 is 61.5. The van der Waals surface area contributed by atoms with E-state index in [0.29, 0.717) is 6.42 Å². The number of benzene rings is 1. The maximum absolute atomic E-state index is 13.2. The number of rotatable bonds is 6. The van der Waals surface area contributed by atoms with Crippen LogP contribution in [0.2, 0.25) is 0 Å². The van der Waals surface area contributed by atoms with Gasteiger partial charge in [0.2, 0.25) is 0 Å². The van der Waals surface area contributed by atoms with Gasteiger partial charge in [-0.3, -0.25) is 9.78 Å². The number of aromatic nitrogens is 1. The summed E-state index contributed by atoms with van der Waals surface area (Å²) in [7, 11) is -5.54. The van der Waals surface area contributed by atoms with Crippen LogP contribution >= 0.6 is 11.3 Å². The third-order valence-electron chi connectivity index (χ3n) is 5.18. The Morgan fingerprint density at radius 2 is 1.70 bits per heavy atom. The lowest BCUT2D eigenvalue weighted by Crippen LogP contribution is -2.36. The molecule has 33 heavy (non-hydrogen) atoms. The second kappa shape index (κ2) is 8.60. The summed E-state index contributed by atoms with van der Waals surface area (Å²) in [5.74, 6) is -0.573. The topological polar surface area (TPSA) is 87.7 Å². The van der Waals surface area contributed by atoms with Crippen LogP contribution < -0.4 is 4.90 Å². The number of hydrogen-bond donors (Lipinski definition) is 0. The highest BCUT2D eigenvalue weighted by molar-refractivity contribution is 7.92. The Kier molecular flexibility index (Phi) is 5.97. The fourth-order valence-corrected chi connectivity index (χ4v) is 4.99. The molecule has 7 nitrogen and oxygen atoms in total. The van der Waals surface area contributed by atoms with E-state index in [1.54, 1.807) is 24.5 Å². The number of amides is 3. The highest BCUT2D eigenvalue weighted by Crippen LogP contribution is 2.34. The van der Waals surface area contributed by atoms with Gasteiger partial charge >= 0.3 is 11.5 Å². The molecular formula is C21H16F3N3O4S2. The molecule has 0 aliphatic carbocycles. The predicted octanol–water partition coefficient (Wildman–Crippen LogP) is 4.19. The van der Waals surface area contributed by atoms with Gasteiger partial charge in [0.1, 0.15) is 6.54 Å². The molecule has 1 atom stereocenters. The van der Waals surface area contributed by atoms with Crippen molar-refractivity contribution >= 4 is 38.8 Å². The normalized spacial score (nSPS) is 15.8. The molecule has 1 aliphatic heterocycles. The third-order valence-corrected chi connectivity index (χ3v) is 7.41. The average molecular weight is 496 g/mol. The van der Waals surface area contributed by atoms with Crippen molar-refractivity contribution in [1.82, 2.24) is 9.88 Å². The fraction of sp³-hybridized carbons (Fsp3) is 0.190. The number of halogens is 3. The number of pyridine rings is 1. The zero-order valence-electron chi connectivity index (χ0n) is 16.8. The summed E-state index contributed by atoms with van der Waals surface area (Å²) >= 11 is 1.50. The summed E-state index contributed by atoms with van der Waals surface area (Å²) in [5.41, 5.74) is -3.73. The van der Waals surface area contributed by atoms with Crippen molar-refractivity contribution in [2.24, 2.45) is 0 Å². The van der Waals surface area contributed by atoms with E-state index in [-0.39, 0.29) is 12.2 Å². The number of imide groups is 1. The first-order valence-corrected chi connectivity index (χ1v) is 12.0. The van der Waals surface area contributed by atoms with E-state index in [1.165, 1.54) is 16.2 Å². The van der Waals surface area contributed by atoms with Crippen LogP contribution in [0.1, 0.15) is 17.2 Å². The SMILES string of the molecule is O=C1CN(C(Cc2ccsc2)c2ccncc2)C(=O)N1c1ccc(S(=O)(=O)C(F)(F)F)cc1. The van der Waals surface area contributed by atoms with Crippen molar-refractivity contribution in [3.63, 3.8) is 0 Å². The van der Waals surface area contributed by atoms with Gasteiger partial charge in [-0.05, 0) is 70.8 Å². The number of anilines is 1. The second-order valence-electron chi connectivity index (χ2n) is 7.21. The molecule has 0 N–H and O–H groups in total. The van der Waals surface area contributed by atoms with Gasteiger partial charge < -0.3 is 4.90 Å². The zero-order chi connectivity index (χ0) is 23.8. The maximum atomic E-state index is 13.2. The molecule has 1 aromatic carbocycles. The van der Waals surface area contributed by atoms with Gasteiger partial charge in [-0.15, -0.1) is 0 Å². The average Bonchev–Trinajstić information content (AvgIpc) is 3.39. The van der Waals surface area contributed by atoms with Gasteiger partial charge in [-0.25, -0.2) is 18.1 Å². The summed E-state index contributed by atoms with van der Waals surface area (Å²) in [4.78, 5) is 31.2. The first-order valence-electron chi connectivity index (χ1n) is 9.55. The van der Waals surface area contributed by atoms with Crippen LogP contribution in [0.3, 0.4) is 0 Å². The minimum Gasteiger partial charge on any atom is -0.307 e. The van der Waals surface area contributed by atoms with Crippen LogP contribution in [-0.2, 0) is 21.1 Å². The molecule has 1 aliphatic rings. The Labute approximate surface area is 191 Å². The molecule has 1 unspecified atom stereocenters. The molecule has 1 fully saturated rings. The van der Waals surface area contributed by atoms with Crippen LogP contribution in [0.5, 0.6) is 0 Å². The molecule has 12 heteroatoms. The Morgan fingerprint density at radius 3 is 2.27 bits per heavy atom. The Morgan fingerprint density at radius 1 is 1.03 bits per heavy atom. The lowest BCUT2D eigenvalue weighted by molar-refractivity contribution is -0.116.